The van der Waals surface area contributed by atoms with Crippen molar-refractivity contribution >= 4 is 17.6 Å². The molecule has 1 fully saturated rings. The van der Waals surface area contributed by atoms with Crippen LogP contribution in [0.1, 0.15) is 33.3 Å². The molecule has 1 aliphatic heterocycles. The van der Waals surface area contributed by atoms with Crippen LogP contribution in [0.25, 0.3) is 0 Å². The molecule has 1 atom stereocenters. The summed E-state index contributed by atoms with van der Waals surface area (Å²) in [7, 11) is 0. The van der Waals surface area contributed by atoms with E-state index in [4.69, 9.17) is 4.74 Å². The SMILES string of the molecule is CCNC(=NCC(=O)Nc1cccc(CC)c1)NCC1CN(CC(C)C)CCO1. The fraction of sp³-hybridized carbons (Fsp3) is 0.636. The van der Waals surface area contributed by atoms with E-state index in [1.165, 1.54) is 5.56 Å². The fourth-order valence-electron chi connectivity index (χ4n) is 3.36. The van der Waals surface area contributed by atoms with Gasteiger partial charge in [-0.15, -0.1) is 0 Å². The van der Waals surface area contributed by atoms with Crippen molar-refractivity contribution in [1.82, 2.24) is 15.5 Å². The minimum Gasteiger partial charge on any atom is -0.374 e. The number of aryl methyl sites for hydroxylation is 1. The number of anilines is 1. The smallest absolute Gasteiger partial charge is 0.246 e. The van der Waals surface area contributed by atoms with Crippen molar-refractivity contribution in [2.45, 2.75) is 40.2 Å². The molecule has 0 spiro atoms. The summed E-state index contributed by atoms with van der Waals surface area (Å²) in [5.41, 5.74) is 2.00. The molecule has 162 valence electrons. The second kappa shape index (κ2) is 12.4. The van der Waals surface area contributed by atoms with Gasteiger partial charge in [0.1, 0.15) is 6.54 Å². The lowest BCUT2D eigenvalue weighted by Crippen LogP contribution is -2.50. The van der Waals surface area contributed by atoms with Crippen LogP contribution < -0.4 is 16.0 Å². The van der Waals surface area contributed by atoms with Crippen LogP contribution in [0.4, 0.5) is 5.69 Å². The van der Waals surface area contributed by atoms with Gasteiger partial charge in [-0.25, -0.2) is 4.99 Å². The van der Waals surface area contributed by atoms with Gasteiger partial charge in [0.05, 0.1) is 12.7 Å². The molecule has 0 aromatic heterocycles. The van der Waals surface area contributed by atoms with E-state index in [9.17, 15) is 4.79 Å². The molecular formula is C22H37N5O2. The molecule has 1 aliphatic rings. The Hall–Kier alpha value is -2.12. The average molecular weight is 404 g/mol. The summed E-state index contributed by atoms with van der Waals surface area (Å²) < 4.78 is 5.88. The van der Waals surface area contributed by atoms with Crippen LogP contribution in [-0.4, -0.2) is 68.7 Å². The number of rotatable bonds is 9. The zero-order chi connectivity index (χ0) is 21.1. The molecule has 0 radical (unpaired) electrons. The van der Waals surface area contributed by atoms with Crippen LogP contribution >= 0.6 is 0 Å². The Morgan fingerprint density at radius 2 is 2.14 bits per heavy atom. The van der Waals surface area contributed by atoms with E-state index in [1.54, 1.807) is 0 Å². The van der Waals surface area contributed by atoms with E-state index >= 15 is 0 Å². The van der Waals surface area contributed by atoms with Crippen LogP contribution in [0.5, 0.6) is 0 Å². The lowest BCUT2D eigenvalue weighted by molar-refractivity contribution is -0.114. The Bertz CT molecular complexity index is 662. The number of nitrogens with one attached hydrogen (secondary N) is 3. The van der Waals surface area contributed by atoms with Gasteiger partial charge in [-0.05, 0) is 37.0 Å². The highest BCUT2D eigenvalue weighted by Crippen LogP contribution is 2.11. The monoisotopic (exact) mass is 403 g/mol. The number of nitrogens with zero attached hydrogens (tertiary/aromatic N) is 2. The summed E-state index contributed by atoms with van der Waals surface area (Å²) in [6.07, 6.45) is 1.06. The van der Waals surface area contributed by atoms with Gasteiger partial charge in [-0.3, -0.25) is 9.69 Å². The minimum absolute atomic E-state index is 0.0662. The maximum atomic E-state index is 12.3. The third-order valence-corrected chi connectivity index (χ3v) is 4.69. The lowest BCUT2D eigenvalue weighted by Gasteiger charge is -2.34. The van der Waals surface area contributed by atoms with E-state index < -0.39 is 0 Å². The topological polar surface area (TPSA) is 78.0 Å². The zero-order valence-electron chi connectivity index (χ0n) is 18.3. The average Bonchev–Trinajstić information content (AvgIpc) is 2.70. The number of carbonyl (C=O) groups excluding carboxylic acids is 1. The maximum absolute atomic E-state index is 12.3. The molecule has 1 aromatic carbocycles. The zero-order valence-corrected chi connectivity index (χ0v) is 18.3. The van der Waals surface area contributed by atoms with Crippen molar-refractivity contribution in [1.29, 1.82) is 0 Å². The summed E-state index contributed by atoms with van der Waals surface area (Å²) in [5.74, 6) is 1.15. The van der Waals surface area contributed by atoms with Gasteiger partial charge in [0, 0.05) is 38.4 Å². The molecule has 1 heterocycles. The Balaban J connectivity index is 1.82. The molecule has 1 aromatic rings. The van der Waals surface area contributed by atoms with Crippen LogP contribution in [0.3, 0.4) is 0 Å². The number of hydrogen-bond acceptors (Lipinski definition) is 4. The Morgan fingerprint density at radius 1 is 1.31 bits per heavy atom. The molecule has 7 nitrogen and oxygen atoms in total. The number of amides is 1. The number of morpholine rings is 1. The Kier molecular flexibility index (Phi) is 9.94. The summed E-state index contributed by atoms with van der Waals surface area (Å²) in [5, 5.41) is 9.41. The van der Waals surface area contributed by atoms with Crippen molar-refractivity contribution in [3.63, 3.8) is 0 Å². The Morgan fingerprint density at radius 3 is 2.86 bits per heavy atom. The molecule has 29 heavy (non-hydrogen) atoms. The summed E-state index contributed by atoms with van der Waals surface area (Å²) >= 11 is 0. The molecular weight excluding hydrogens is 366 g/mol. The summed E-state index contributed by atoms with van der Waals surface area (Å²) in [6, 6.07) is 7.90. The number of ether oxygens (including phenoxy) is 1. The molecule has 1 unspecified atom stereocenters. The summed E-state index contributed by atoms with van der Waals surface area (Å²) in [4.78, 5) is 19.1. The van der Waals surface area contributed by atoms with E-state index in [1.807, 2.05) is 25.1 Å². The number of hydrogen-bond donors (Lipinski definition) is 3. The largest absolute Gasteiger partial charge is 0.374 e. The van der Waals surface area contributed by atoms with E-state index in [0.29, 0.717) is 18.4 Å². The lowest BCUT2D eigenvalue weighted by atomic mass is 10.1. The van der Waals surface area contributed by atoms with Crippen molar-refractivity contribution in [2.24, 2.45) is 10.9 Å². The van der Waals surface area contributed by atoms with Crippen molar-refractivity contribution < 1.29 is 9.53 Å². The molecule has 0 aliphatic carbocycles. The van der Waals surface area contributed by atoms with Crippen molar-refractivity contribution in [3.8, 4) is 0 Å². The third-order valence-electron chi connectivity index (χ3n) is 4.69. The van der Waals surface area contributed by atoms with E-state index in [2.05, 4.69) is 52.7 Å². The van der Waals surface area contributed by atoms with Gasteiger partial charge in [0.15, 0.2) is 5.96 Å². The van der Waals surface area contributed by atoms with Gasteiger partial charge >= 0.3 is 0 Å². The van der Waals surface area contributed by atoms with Gasteiger partial charge < -0.3 is 20.7 Å². The second-order valence-electron chi connectivity index (χ2n) is 7.82. The molecule has 1 saturated heterocycles. The van der Waals surface area contributed by atoms with Crippen LogP contribution in [0.15, 0.2) is 29.3 Å². The van der Waals surface area contributed by atoms with Crippen LogP contribution in [0.2, 0.25) is 0 Å². The van der Waals surface area contributed by atoms with E-state index in [0.717, 1.165) is 44.9 Å². The van der Waals surface area contributed by atoms with E-state index in [-0.39, 0.29) is 18.6 Å². The fourth-order valence-corrected chi connectivity index (χ4v) is 3.36. The molecule has 7 heteroatoms. The molecule has 3 N–H and O–H groups in total. The van der Waals surface area contributed by atoms with Gasteiger partial charge in [0.2, 0.25) is 5.91 Å². The minimum atomic E-state index is -0.132. The first-order valence-corrected chi connectivity index (χ1v) is 10.7. The molecule has 1 amide bonds. The first kappa shape index (κ1) is 23.2. The number of guanidine groups is 1. The highest BCUT2D eigenvalue weighted by Gasteiger charge is 2.21. The molecule has 2 rings (SSSR count). The number of aliphatic imine (C=N–C) groups is 1. The van der Waals surface area contributed by atoms with Gasteiger partial charge in [0.25, 0.3) is 0 Å². The van der Waals surface area contributed by atoms with Gasteiger partial charge in [-0.1, -0.05) is 32.9 Å². The number of benzene rings is 1. The molecule has 0 saturated carbocycles. The first-order valence-electron chi connectivity index (χ1n) is 10.7. The molecule has 0 bridgehead atoms. The van der Waals surface area contributed by atoms with Crippen LogP contribution in [-0.2, 0) is 16.0 Å². The highest BCUT2D eigenvalue weighted by atomic mass is 16.5. The normalized spacial score (nSPS) is 18.0. The standard InChI is InChI=1S/C22H37N5O2/c1-5-18-8-7-9-19(12-18)26-21(28)14-25-22(23-6-2)24-13-20-16-27(10-11-29-20)15-17(3)4/h7-9,12,17,20H,5-6,10-11,13-16H2,1-4H3,(H,26,28)(H2,23,24,25). The third kappa shape index (κ3) is 8.83. The Labute approximate surface area is 175 Å². The second-order valence-corrected chi connectivity index (χ2v) is 7.82. The predicted molar refractivity (Wildman–Crippen MR) is 119 cm³/mol. The first-order chi connectivity index (χ1) is 14.0. The van der Waals surface area contributed by atoms with Gasteiger partial charge in [-0.2, -0.15) is 0 Å². The number of carbonyl (C=O) groups is 1. The highest BCUT2D eigenvalue weighted by molar-refractivity contribution is 5.94. The predicted octanol–water partition coefficient (Wildman–Crippen LogP) is 2.10. The summed E-state index contributed by atoms with van der Waals surface area (Å²) in [6.45, 7) is 13.8. The van der Waals surface area contributed by atoms with Crippen molar-refractivity contribution in [2.75, 3.05) is 51.2 Å². The quantitative estimate of drug-likeness (QED) is 0.435. The maximum Gasteiger partial charge on any atom is 0.246 e. The van der Waals surface area contributed by atoms with Crippen LogP contribution in [0, 0.1) is 5.92 Å². The van der Waals surface area contributed by atoms with Crippen molar-refractivity contribution in [3.05, 3.63) is 29.8 Å².